The Balaban J connectivity index is 1.27. The van der Waals surface area contributed by atoms with Crippen LogP contribution in [0.5, 0.6) is 0 Å². The number of hydrogen-bond acceptors (Lipinski definition) is 8. The summed E-state index contributed by atoms with van der Waals surface area (Å²) in [5, 5.41) is 26.3. The molecular formula is C31H22N10O4. The van der Waals surface area contributed by atoms with Crippen molar-refractivity contribution in [1.29, 1.82) is 0 Å². The number of nitrogens with two attached hydrogens (primary N) is 1. The number of fused-ring (bicyclic) bond motifs is 2. The number of aryl methyl sites for hydroxylation is 1. The zero-order chi connectivity index (χ0) is 31.2. The average Bonchev–Trinajstić information content (AvgIpc) is 3.76. The zero-order valence-corrected chi connectivity index (χ0v) is 23.5. The molecule has 0 saturated heterocycles. The number of carbonyl (C=O) groups excluding carboxylic acids is 2. The van der Waals surface area contributed by atoms with Crippen molar-refractivity contribution in [2.45, 2.75) is 0 Å². The van der Waals surface area contributed by atoms with E-state index in [-0.39, 0.29) is 33.7 Å². The topological polar surface area (TPSA) is 188 Å². The zero-order valence-electron chi connectivity index (χ0n) is 23.5. The van der Waals surface area contributed by atoms with Gasteiger partial charge in [0.15, 0.2) is 22.9 Å². The third-order valence-electron chi connectivity index (χ3n) is 7.10. The number of anilines is 1. The van der Waals surface area contributed by atoms with Crippen LogP contribution in [0.3, 0.4) is 0 Å². The highest BCUT2D eigenvalue weighted by Gasteiger charge is 2.29. The maximum absolute atomic E-state index is 13.5. The number of aromatic nitrogens is 8. The monoisotopic (exact) mass is 598 g/mol. The molecule has 14 heteroatoms. The molecule has 2 aromatic carbocycles. The van der Waals surface area contributed by atoms with Crippen LogP contribution in [-0.4, -0.2) is 61.9 Å². The first-order chi connectivity index (χ1) is 21.8. The Kier molecular flexibility index (Phi) is 6.36. The van der Waals surface area contributed by atoms with E-state index in [4.69, 9.17) is 5.73 Å². The maximum Gasteiger partial charge on any atom is 0.340 e. The quantitative estimate of drug-likeness (QED) is 0.246. The van der Waals surface area contributed by atoms with E-state index >= 15 is 0 Å². The van der Waals surface area contributed by atoms with Crippen LogP contribution in [0.4, 0.5) is 5.69 Å². The number of benzene rings is 2. The van der Waals surface area contributed by atoms with Gasteiger partial charge in [0.1, 0.15) is 17.0 Å². The summed E-state index contributed by atoms with van der Waals surface area (Å²) in [7, 11) is 1.45. The van der Waals surface area contributed by atoms with E-state index in [1.165, 1.54) is 33.0 Å². The Morgan fingerprint density at radius 3 is 2.07 bits per heavy atom. The van der Waals surface area contributed by atoms with Crippen LogP contribution in [0.1, 0.15) is 31.2 Å². The van der Waals surface area contributed by atoms with Gasteiger partial charge < -0.3 is 16.2 Å². The molecule has 14 nitrogen and oxygen atoms in total. The minimum absolute atomic E-state index is 0.00572. The van der Waals surface area contributed by atoms with E-state index in [0.29, 0.717) is 28.5 Å². The number of carbonyl (C=O) groups is 3. The van der Waals surface area contributed by atoms with Gasteiger partial charge in [0.25, 0.3) is 11.8 Å². The number of carboxylic acids is 1. The van der Waals surface area contributed by atoms with Crippen LogP contribution in [-0.2, 0) is 7.05 Å². The second-order valence-electron chi connectivity index (χ2n) is 10.1. The molecule has 0 unspecified atom stereocenters. The molecule has 7 rings (SSSR count). The molecule has 0 aliphatic heterocycles. The maximum atomic E-state index is 13.5. The third kappa shape index (κ3) is 4.81. The first-order valence-corrected chi connectivity index (χ1v) is 13.6. The van der Waals surface area contributed by atoms with Gasteiger partial charge in [0.2, 0.25) is 0 Å². The second-order valence-corrected chi connectivity index (χ2v) is 10.1. The molecule has 7 aromatic rings. The summed E-state index contributed by atoms with van der Waals surface area (Å²) in [6.07, 6.45) is 3.06. The highest BCUT2D eigenvalue weighted by molar-refractivity contribution is 6.12. The summed E-state index contributed by atoms with van der Waals surface area (Å²) in [4.78, 5) is 47.5. The fraction of sp³-hybridized carbons (Fsp3) is 0.0323. The number of aromatic carboxylic acids is 1. The predicted octanol–water partition coefficient (Wildman–Crippen LogP) is 3.56. The lowest BCUT2D eigenvalue weighted by Gasteiger charge is -2.07. The number of rotatable bonds is 7. The van der Waals surface area contributed by atoms with Crippen molar-refractivity contribution in [3.63, 3.8) is 0 Å². The van der Waals surface area contributed by atoms with E-state index in [2.05, 4.69) is 30.6 Å². The van der Waals surface area contributed by atoms with E-state index in [1.54, 1.807) is 18.3 Å². The summed E-state index contributed by atoms with van der Waals surface area (Å²) < 4.78 is 4.03. The van der Waals surface area contributed by atoms with E-state index < -0.39 is 17.8 Å². The van der Waals surface area contributed by atoms with Gasteiger partial charge in [-0.3, -0.25) is 14.3 Å². The summed E-state index contributed by atoms with van der Waals surface area (Å²) in [5.41, 5.74) is 7.88. The minimum Gasteiger partial charge on any atom is -0.478 e. The highest BCUT2D eigenvalue weighted by Crippen LogP contribution is 2.29. The van der Waals surface area contributed by atoms with Crippen LogP contribution < -0.4 is 11.1 Å². The molecule has 45 heavy (non-hydrogen) atoms. The SMILES string of the molecule is Cn1nc(-c2cc(C(N)=O)c3nc(-c4ccccc4)nn3c2)c(C(=O)O)c1C(=O)Nc1ccc2nc(-c3ccccc3)nn2c1. The van der Waals surface area contributed by atoms with Crippen LogP contribution in [0.25, 0.3) is 45.3 Å². The smallest absolute Gasteiger partial charge is 0.340 e. The van der Waals surface area contributed by atoms with Crippen LogP contribution in [0.2, 0.25) is 0 Å². The number of nitrogens with zero attached hydrogens (tertiary/aromatic N) is 8. The van der Waals surface area contributed by atoms with Crippen molar-refractivity contribution in [1.82, 2.24) is 39.0 Å². The summed E-state index contributed by atoms with van der Waals surface area (Å²) in [6.45, 7) is 0. The Hall–Kier alpha value is -6.70. The normalized spacial score (nSPS) is 11.2. The Morgan fingerprint density at radius 2 is 1.42 bits per heavy atom. The van der Waals surface area contributed by atoms with Gasteiger partial charge in [-0.2, -0.15) is 5.10 Å². The molecule has 4 N–H and O–H groups in total. The Labute approximate surface area is 253 Å². The molecule has 2 amide bonds. The van der Waals surface area contributed by atoms with E-state index in [1.807, 2.05) is 60.7 Å². The van der Waals surface area contributed by atoms with Gasteiger partial charge in [0, 0.05) is 29.9 Å². The lowest BCUT2D eigenvalue weighted by molar-refractivity contribution is 0.0692. The van der Waals surface area contributed by atoms with Crippen molar-refractivity contribution in [3.05, 3.63) is 108 Å². The molecule has 0 fully saturated rings. The molecule has 0 radical (unpaired) electrons. The molecular weight excluding hydrogens is 576 g/mol. The molecule has 0 saturated carbocycles. The highest BCUT2D eigenvalue weighted by atomic mass is 16.4. The fourth-order valence-electron chi connectivity index (χ4n) is 5.05. The number of primary amides is 1. The largest absolute Gasteiger partial charge is 0.478 e. The first-order valence-electron chi connectivity index (χ1n) is 13.6. The van der Waals surface area contributed by atoms with Gasteiger partial charge in [-0.1, -0.05) is 60.7 Å². The van der Waals surface area contributed by atoms with Gasteiger partial charge in [-0.15, -0.1) is 10.2 Å². The lowest BCUT2D eigenvalue weighted by Crippen LogP contribution is -2.19. The second kappa shape index (κ2) is 10.5. The molecule has 220 valence electrons. The lowest BCUT2D eigenvalue weighted by atomic mass is 10.0. The molecule has 5 aromatic heterocycles. The number of amides is 2. The van der Waals surface area contributed by atoms with Gasteiger partial charge in [-0.05, 0) is 18.2 Å². The first kappa shape index (κ1) is 27.2. The molecule has 0 aliphatic rings. The number of pyridine rings is 2. The van der Waals surface area contributed by atoms with Crippen molar-refractivity contribution in [2.75, 3.05) is 5.32 Å². The average molecular weight is 599 g/mol. The van der Waals surface area contributed by atoms with E-state index in [9.17, 15) is 19.5 Å². The Morgan fingerprint density at radius 1 is 0.778 bits per heavy atom. The van der Waals surface area contributed by atoms with Gasteiger partial charge in [0.05, 0.1) is 17.4 Å². The van der Waals surface area contributed by atoms with Crippen LogP contribution >= 0.6 is 0 Å². The van der Waals surface area contributed by atoms with Crippen LogP contribution in [0, 0.1) is 0 Å². The number of nitrogens with one attached hydrogen (secondary N) is 1. The molecule has 0 spiro atoms. The minimum atomic E-state index is -1.40. The predicted molar refractivity (Wildman–Crippen MR) is 162 cm³/mol. The van der Waals surface area contributed by atoms with Gasteiger partial charge in [-0.25, -0.2) is 23.8 Å². The fourth-order valence-corrected chi connectivity index (χ4v) is 5.05. The summed E-state index contributed by atoms with van der Waals surface area (Å²) in [5.74, 6) is -2.06. The van der Waals surface area contributed by atoms with Crippen molar-refractivity contribution in [2.24, 2.45) is 12.8 Å². The number of carboxylic acid groups (broad SMARTS) is 1. The van der Waals surface area contributed by atoms with Crippen molar-refractivity contribution < 1.29 is 19.5 Å². The van der Waals surface area contributed by atoms with Crippen LogP contribution in [0.15, 0.2) is 91.3 Å². The molecule has 5 heterocycles. The Bertz CT molecular complexity index is 2290. The summed E-state index contributed by atoms with van der Waals surface area (Å²) >= 11 is 0. The van der Waals surface area contributed by atoms with Gasteiger partial charge >= 0.3 is 5.97 Å². The van der Waals surface area contributed by atoms with Crippen molar-refractivity contribution in [3.8, 4) is 34.0 Å². The standard InChI is InChI=1S/C31H22N10O4/c1-39-25(30(43)33-20-12-13-22-34-27(37-40(22)16-20)17-8-4-2-5-9-17)23(31(44)45)24(36-39)19-14-21(26(32)42)29-35-28(38-41(29)15-19)18-10-6-3-7-11-18/h2-16H,1H3,(H2,32,42)(H,33,43)(H,44,45). The third-order valence-corrected chi connectivity index (χ3v) is 7.10. The molecule has 0 bridgehead atoms. The van der Waals surface area contributed by atoms with Crippen molar-refractivity contribution >= 4 is 34.8 Å². The molecule has 0 aliphatic carbocycles. The summed E-state index contributed by atoms with van der Waals surface area (Å²) in [6, 6.07) is 23.3. The molecule has 0 atom stereocenters. The van der Waals surface area contributed by atoms with E-state index in [0.717, 1.165) is 5.56 Å². The number of hydrogen-bond donors (Lipinski definition) is 3.